The summed E-state index contributed by atoms with van der Waals surface area (Å²) in [6.45, 7) is 6.87. The van der Waals surface area contributed by atoms with Crippen molar-refractivity contribution < 1.29 is 19.1 Å². The molecule has 136 valence electrons. The molecule has 3 rings (SSSR count). The lowest BCUT2D eigenvalue weighted by Crippen LogP contribution is -2.73. The molecule has 0 aromatic heterocycles. The van der Waals surface area contributed by atoms with E-state index in [0.29, 0.717) is 25.5 Å². The molecule has 0 radical (unpaired) electrons. The molecule has 3 fully saturated rings. The van der Waals surface area contributed by atoms with Gasteiger partial charge in [0.05, 0.1) is 42.9 Å². The Bertz CT molecular complexity index is 500. The number of carbonyl (C=O) groups is 2. The third-order valence-electron chi connectivity index (χ3n) is 5.18. The second-order valence-electron chi connectivity index (χ2n) is 7.16. The van der Waals surface area contributed by atoms with Crippen LogP contribution in [-0.2, 0) is 19.1 Å². The lowest BCUT2D eigenvalue weighted by molar-refractivity contribution is -0.176. The van der Waals surface area contributed by atoms with E-state index in [1.807, 2.05) is 0 Å². The number of Topliss-reactive ketones (excluding diaryl/α,β-unsaturated/α-hetero) is 1. The summed E-state index contributed by atoms with van der Waals surface area (Å²) in [5.41, 5.74) is 6.06. The monoisotopic (exact) mass is 340 g/mol. The number of nitrogens with two attached hydrogens (primary N) is 1. The molecule has 0 aromatic carbocycles. The summed E-state index contributed by atoms with van der Waals surface area (Å²) in [4.78, 5) is 25.1. The van der Waals surface area contributed by atoms with Crippen LogP contribution in [0.5, 0.6) is 0 Å². The number of hydrogen-bond donors (Lipinski definition) is 4. The van der Waals surface area contributed by atoms with Crippen molar-refractivity contribution in [3.05, 3.63) is 0 Å². The van der Waals surface area contributed by atoms with Gasteiger partial charge >= 0.3 is 5.97 Å². The second-order valence-corrected chi connectivity index (χ2v) is 7.16. The minimum atomic E-state index is -0.567. The molecule has 0 bridgehead atoms. The molecule has 0 spiro atoms. The Balaban J connectivity index is 1.73. The number of ether oxygens (including phenoxy) is 2. The van der Waals surface area contributed by atoms with Gasteiger partial charge in [0.2, 0.25) is 0 Å². The average molecular weight is 340 g/mol. The topological polar surface area (TPSA) is 115 Å². The molecule has 0 aromatic rings. The quantitative estimate of drug-likeness (QED) is 0.479. The molecule has 3 aliphatic heterocycles. The predicted octanol–water partition coefficient (Wildman–Crippen LogP) is -1.10. The number of esters is 1. The normalized spacial score (nSPS) is 42.4. The van der Waals surface area contributed by atoms with Gasteiger partial charge in [-0.1, -0.05) is 13.8 Å². The average Bonchev–Trinajstić information content (AvgIpc) is 2.54. The van der Waals surface area contributed by atoms with E-state index < -0.39 is 18.3 Å². The van der Waals surface area contributed by atoms with Gasteiger partial charge in [0.1, 0.15) is 6.23 Å². The first kappa shape index (κ1) is 17.8. The number of piperidine rings is 1. The highest BCUT2D eigenvalue weighted by atomic mass is 16.5. The van der Waals surface area contributed by atoms with Crippen LogP contribution in [0.1, 0.15) is 27.2 Å². The standard InChI is InChI=1S/C16H28N4O4/c1-4-23-16(22)9-5-8-12(21)11-10(24-15(8)20-13(9)17)6-18-14(19-11)7(2)3/h7-11,13-15,18-20H,4-6,17H2,1-3H3. The minimum Gasteiger partial charge on any atom is -0.466 e. The van der Waals surface area contributed by atoms with Crippen LogP contribution >= 0.6 is 0 Å². The second kappa shape index (κ2) is 7.05. The molecule has 3 aliphatic rings. The molecule has 0 amide bonds. The molecule has 3 saturated heterocycles. The number of ketones is 1. The Morgan fingerprint density at radius 3 is 2.83 bits per heavy atom. The fraction of sp³-hybridized carbons (Fsp3) is 0.875. The summed E-state index contributed by atoms with van der Waals surface area (Å²) >= 11 is 0. The van der Waals surface area contributed by atoms with Gasteiger partial charge in [-0.25, -0.2) is 0 Å². The minimum absolute atomic E-state index is 0.0787. The molecular weight excluding hydrogens is 312 g/mol. The van der Waals surface area contributed by atoms with Crippen molar-refractivity contribution in [2.24, 2.45) is 23.5 Å². The van der Waals surface area contributed by atoms with Crippen molar-refractivity contribution in [2.45, 2.75) is 57.9 Å². The van der Waals surface area contributed by atoms with Crippen LogP contribution in [0, 0.1) is 17.8 Å². The maximum Gasteiger partial charge on any atom is 0.311 e. The molecule has 7 atom stereocenters. The molecule has 24 heavy (non-hydrogen) atoms. The third kappa shape index (κ3) is 3.21. The van der Waals surface area contributed by atoms with Crippen LogP contribution in [-0.4, -0.2) is 55.6 Å². The maximum absolute atomic E-state index is 13.0. The van der Waals surface area contributed by atoms with Gasteiger partial charge in [-0.15, -0.1) is 0 Å². The zero-order valence-electron chi connectivity index (χ0n) is 14.5. The van der Waals surface area contributed by atoms with Crippen molar-refractivity contribution in [3.63, 3.8) is 0 Å². The highest BCUT2D eigenvalue weighted by molar-refractivity contribution is 5.89. The van der Waals surface area contributed by atoms with E-state index in [1.54, 1.807) is 6.92 Å². The number of rotatable bonds is 3. The van der Waals surface area contributed by atoms with Crippen molar-refractivity contribution in [1.29, 1.82) is 0 Å². The van der Waals surface area contributed by atoms with Gasteiger partial charge in [-0.05, 0) is 19.3 Å². The summed E-state index contributed by atoms with van der Waals surface area (Å²) in [7, 11) is 0. The van der Waals surface area contributed by atoms with Crippen molar-refractivity contribution >= 4 is 11.8 Å². The van der Waals surface area contributed by atoms with E-state index >= 15 is 0 Å². The highest BCUT2D eigenvalue weighted by Gasteiger charge is 2.52. The first-order valence-corrected chi connectivity index (χ1v) is 8.79. The van der Waals surface area contributed by atoms with Gasteiger partial charge in [0, 0.05) is 6.54 Å². The fourth-order valence-corrected chi connectivity index (χ4v) is 3.82. The Hall–Kier alpha value is -1.06. The van der Waals surface area contributed by atoms with Crippen LogP contribution < -0.4 is 21.7 Å². The number of nitrogens with one attached hydrogen (secondary N) is 3. The van der Waals surface area contributed by atoms with Gasteiger partial charge in [0.15, 0.2) is 5.78 Å². The summed E-state index contributed by atoms with van der Waals surface area (Å²) < 4.78 is 11.1. The Kier molecular flexibility index (Phi) is 5.22. The first-order chi connectivity index (χ1) is 11.4. The SMILES string of the molecule is CCOC(=O)C1CC2C(=O)C3NC(C(C)C)NCC3OC2NC1N. The highest BCUT2D eigenvalue weighted by Crippen LogP contribution is 2.33. The molecule has 8 nitrogen and oxygen atoms in total. The molecule has 5 N–H and O–H groups in total. The smallest absolute Gasteiger partial charge is 0.311 e. The van der Waals surface area contributed by atoms with E-state index in [-0.39, 0.29) is 36.0 Å². The Morgan fingerprint density at radius 1 is 1.42 bits per heavy atom. The number of fused-ring (bicyclic) bond motifs is 2. The number of hydrogen-bond acceptors (Lipinski definition) is 8. The van der Waals surface area contributed by atoms with Crippen LogP contribution in [0.15, 0.2) is 0 Å². The molecule has 0 saturated carbocycles. The lowest BCUT2D eigenvalue weighted by Gasteiger charge is -2.49. The van der Waals surface area contributed by atoms with Gasteiger partial charge < -0.3 is 15.2 Å². The van der Waals surface area contributed by atoms with Crippen LogP contribution in [0.3, 0.4) is 0 Å². The zero-order valence-corrected chi connectivity index (χ0v) is 14.5. The molecule has 0 aliphatic carbocycles. The van der Waals surface area contributed by atoms with Crippen molar-refractivity contribution in [3.8, 4) is 0 Å². The molecular formula is C16H28N4O4. The fourth-order valence-electron chi connectivity index (χ4n) is 3.82. The molecule has 8 heteroatoms. The largest absolute Gasteiger partial charge is 0.466 e. The van der Waals surface area contributed by atoms with E-state index in [1.165, 1.54) is 0 Å². The van der Waals surface area contributed by atoms with Crippen LogP contribution in [0.4, 0.5) is 0 Å². The van der Waals surface area contributed by atoms with Gasteiger partial charge in [-0.3, -0.25) is 25.5 Å². The van der Waals surface area contributed by atoms with Crippen LogP contribution in [0.2, 0.25) is 0 Å². The van der Waals surface area contributed by atoms with E-state index in [2.05, 4.69) is 29.8 Å². The Morgan fingerprint density at radius 2 is 2.17 bits per heavy atom. The van der Waals surface area contributed by atoms with Gasteiger partial charge in [0.25, 0.3) is 0 Å². The summed E-state index contributed by atoms with van der Waals surface area (Å²) in [6, 6.07) is -0.348. The number of carbonyl (C=O) groups excluding carboxylic acids is 2. The summed E-state index contributed by atoms with van der Waals surface area (Å²) in [5, 5.41) is 9.81. The Labute approximate surface area is 142 Å². The predicted molar refractivity (Wildman–Crippen MR) is 86.6 cm³/mol. The molecule has 3 heterocycles. The molecule has 7 unspecified atom stereocenters. The summed E-state index contributed by atoms with van der Waals surface area (Å²) in [5.74, 6) is -0.820. The van der Waals surface area contributed by atoms with Crippen molar-refractivity contribution in [2.75, 3.05) is 13.2 Å². The maximum atomic E-state index is 13.0. The van der Waals surface area contributed by atoms with E-state index in [0.717, 1.165) is 0 Å². The van der Waals surface area contributed by atoms with E-state index in [4.69, 9.17) is 15.2 Å². The zero-order chi connectivity index (χ0) is 17.4. The van der Waals surface area contributed by atoms with Gasteiger partial charge in [-0.2, -0.15) is 0 Å². The van der Waals surface area contributed by atoms with Crippen molar-refractivity contribution in [1.82, 2.24) is 16.0 Å². The summed E-state index contributed by atoms with van der Waals surface area (Å²) in [6.07, 6.45) is -0.801. The van der Waals surface area contributed by atoms with E-state index in [9.17, 15) is 9.59 Å². The van der Waals surface area contributed by atoms with Crippen LogP contribution in [0.25, 0.3) is 0 Å². The lowest BCUT2D eigenvalue weighted by atomic mass is 9.78. The first-order valence-electron chi connectivity index (χ1n) is 8.79. The third-order valence-corrected chi connectivity index (χ3v) is 5.18.